The molecule has 1 amide bonds. The number of amides is 1. The highest BCUT2D eigenvalue weighted by Gasteiger charge is 2.28. The molecule has 1 aliphatic heterocycles. The average Bonchev–Trinajstić information content (AvgIpc) is 2.64. The molecule has 1 aliphatic rings. The van der Waals surface area contributed by atoms with Crippen LogP contribution in [-0.4, -0.2) is 30.4 Å². The summed E-state index contributed by atoms with van der Waals surface area (Å²) in [6.07, 6.45) is 0.785. The summed E-state index contributed by atoms with van der Waals surface area (Å²) in [5, 5.41) is 14.6. The van der Waals surface area contributed by atoms with E-state index in [0.717, 1.165) is 28.3 Å². The minimum atomic E-state index is -0.235. The number of rotatable bonds is 5. The van der Waals surface area contributed by atoms with Gasteiger partial charge in [-0.1, -0.05) is 6.07 Å². The topological polar surface area (TPSA) is 61.4 Å². The zero-order chi connectivity index (χ0) is 12.3. The maximum Gasteiger partial charge on any atom is 0.246 e. The van der Waals surface area contributed by atoms with Crippen LogP contribution in [0.25, 0.3) is 0 Å². The first-order chi connectivity index (χ1) is 8.26. The lowest BCUT2D eigenvalue weighted by Gasteiger charge is -2.07. The summed E-state index contributed by atoms with van der Waals surface area (Å²) in [5.74, 6) is 0.888. The van der Waals surface area contributed by atoms with Crippen LogP contribution in [0.1, 0.15) is 18.0 Å². The van der Waals surface area contributed by atoms with E-state index in [1.807, 2.05) is 18.2 Å². The van der Waals surface area contributed by atoms with Crippen molar-refractivity contribution in [3.63, 3.8) is 0 Å². The summed E-state index contributed by atoms with van der Waals surface area (Å²) >= 11 is 1.69. The largest absolute Gasteiger partial charge is 0.396 e. The molecule has 3 N–H and O–H groups in total. The number of aliphatic hydroxyl groups is 1. The zero-order valence-electron chi connectivity index (χ0n) is 9.69. The predicted molar refractivity (Wildman–Crippen MR) is 69.3 cm³/mol. The van der Waals surface area contributed by atoms with E-state index in [1.165, 1.54) is 0 Å². The molecular weight excluding hydrogens is 236 g/mol. The number of benzene rings is 1. The van der Waals surface area contributed by atoms with Crippen LogP contribution < -0.4 is 10.6 Å². The Morgan fingerprint density at radius 1 is 1.53 bits per heavy atom. The molecule has 92 valence electrons. The Hall–Kier alpha value is -1.04. The minimum Gasteiger partial charge on any atom is -0.396 e. The molecule has 2 rings (SSSR count). The zero-order valence-corrected chi connectivity index (χ0v) is 10.5. The Labute approximate surface area is 105 Å². The van der Waals surface area contributed by atoms with Crippen LogP contribution in [0.2, 0.25) is 0 Å². The first-order valence-electron chi connectivity index (χ1n) is 5.62. The monoisotopic (exact) mass is 252 g/mol. The van der Waals surface area contributed by atoms with E-state index in [-0.39, 0.29) is 18.6 Å². The summed E-state index contributed by atoms with van der Waals surface area (Å²) in [6.45, 7) is 0.219. The van der Waals surface area contributed by atoms with Crippen molar-refractivity contribution in [3.8, 4) is 0 Å². The van der Waals surface area contributed by atoms with Gasteiger partial charge >= 0.3 is 0 Å². The number of thioether (sulfide) groups is 1. The Morgan fingerprint density at radius 3 is 3.06 bits per heavy atom. The lowest BCUT2D eigenvalue weighted by atomic mass is 10.1. The number of carbonyl (C=O) groups is 1. The molecule has 1 aromatic rings. The molecule has 1 atom stereocenters. The normalized spacial score (nSPS) is 18.0. The molecule has 0 saturated carbocycles. The molecular formula is C12H16N2O2S. The molecule has 0 spiro atoms. The minimum absolute atomic E-state index is 0.00000758. The molecule has 1 heterocycles. The third kappa shape index (κ3) is 2.62. The number of anilines is 1. The van der Waals surface area contributed by atoms with Gasteiger partial charge < -0.3 is 15.7 Å². The van der Waals surface area contributed by atoms with Gasteiger partial charge in [0.05, 0.1) is 0 Å². The van der Waals surface area contributed by atoms with Crippen LogP contribution in [0, 0.1) is 0 Å². The van der Waals surface area contributed by atoms with E-state index in [0.29, 0.717) is 0 Å². The van der Waals surface area contributed by atoms with Crippen LogP contribution in [0.15, 0.2) is 23.1 Å². The fraction of sp³-hybridized carbons (Fsp3) is 0.417. The van der Waals surface area contributed by atoms with Gasteiger partial charge in [0.15, 0.2) is 0 Å². The Bertz CT molecular complexity index is 423. The van der Waals surface area contributed by atoms with Gasteiger partial charge in [0.2, 0.25) is 5.91 Å². The average molecular weight is 252 g/mol. The Kier molecular flexibility index (Phi) is 4.04. The predicted octanol–water partition coefficient (Wildman–Crippen LogP) is 1.37. The quantitative estimate of drug-likeness (QED) is 0.547. The van der Waals surface area contributed by atoms with Gasteiger partial charge in [0.25, 0.3) is 0 Å². The molecule has 0 saturated heterocycles. The van der Waals surface area contributed by atoms with E-state index >= 15 is 0 Å². The second-order valence-electron chi connectivity index (χ2n) is 3.89. The van der Waals surface area contributed by atoms with Crippen molar-refractivity contribution in [1.82, 2.24) is 5.32 Å². The van der Waals surface area contributed by atoms with Crippen molar-refractivity contribution in [1.29, 1.82) is 0 Å². The molecule has 1 unspecified atom stereocenters. The second kappa shape index (κ2) is 5.53. The molecule has 4 nitrogen and oxygen atoms in total. The molecule has 5 heteroatoms. The lowest BCUT2D eigenvalue weighted by molar-refractivity contribution is -0.117. The van der Waals surface area contributed by atoms with Crippen LogP contribution >= 0.6 is 11.8 Å². The highest BCUT2D eigenvalue weighted by atomic mass is 32.2. The van der Waals surface area contributed by atoms with Crippen molar-refractivity contribution < 1.29 is 9.90 Å². The van der Waals surface area contributed by atoms with Gasteiger partial charge in [-0.25, -0.2) is 0 Å². The molecule has 0 bridgehead atoms. The highest BCUT2D eigenvalue weighted by Crippen LogP contribution is 2.34. The summed E-state index contributed by atoms with van der Waals surface area (Å²) in [7, 11) is 1.78. The van der Waals surface area contributed by atoms with Gasteiger partial charge in [0.1, 0.15) is 6.04 Å². The summed E-state index contributed by atoms with van der Waals surface area (Å²) in [6, 6.07) is 5.76. The van der Waals surface area contributed by atoms with Crippen molar-refractivity contribution >= 4 is 23.4 Å². The van der Waals surface area contributed by atoms with Crippen molar-refractivity contribution in [2.75, 3.05) is 24.7 Å². The van der Waals surface area contributed by atoms with Crippen LogP contribution in [0.5, 0.6) is 0 Å². The smallest absolute Gasteiger partial charge is 0.246 e. The summed E-state index contributed by atoms with van der Waals surface area (Å²) < 4.78 is 0. The standard InChI is InChI=1S/C12H16N2O2S/c1-13-11-9-4-3-8(17-6-2-5-15)7-10(9)14-12(11)16/h3-4,7,11,13,15H,2,5-6H2,1H3,(H,14,16). The summed E-state index contributed by atoms with van der Waals surface area (Å²) in [5.41, 5.74) is 1.90. The molecule has 17 heavy (non-hydrogen) atoms. The third-order valence-corrected chi connectivity index (χ3v) is 3.80. The second-order valence-corrected chi connectivity index (χ2v) is 5.05. The van der Waals surface area contributed by atoms with E-state index in [2.05, 4.69) is 10.6 Å². The lowest BCUT2D eigenvalue weighted by Crippen LogP contribution is -2.23. The van der Waals surface area contributed by atoms with Crippen LogP contribution in [-0.2, 0) is 4.79 Å². The van der Waals surface area contributed by atoms with Crippen LogP contribution in [0.3, 0.4) is 0 Å². The van der Waals surface area contributed by atoms with Gasteiger partial charge in [-0.3, -0.25) is 4.79 Å². The fourth-order valence-corrected chi connectivity index (χ4v) is 2.75. The number of hydrogen-bond acceptors (Lipinski definition) is 4. The van der Waals surface area contributed by atoms with E-state index in [4.69, 9.17) is 5.11 Å². The van der Waals surface area contributed by atoms with Crippen LogP contribution in [0.4, 0.5) is 5.69 Å². The SMILES string of the molecule is CNC1C(=O)Nc2cc(SCCCO)ccc21. The number of hydrogen-bond donors (Lipinski definition) is 3. The van der Waals surface area contributed by atoms with Gasteiger partial charge in [0, 0.05) is 28.5 Å². The maximum atomic E-state index is 11.6. The van der Waals surface area contributed by atoms with Crippen molar-refractivity contribution in [2.45, 2.75) is 17.4 Å². The highest BCUT2D eigenvalue weighted by molar-refractivity contribution is 7.99. The first kappa shape index (κ1) is 12.4. The molecule has 1 aromatic carbocycles. The molecule has 0 aromatic heterocycles. The van der Waals surface area contributed by atoms with Gasteiger partial charge in [-0.05, 0) is 25.6 Å². The third-order valence-electron chi connectivity index (χ3n) is 2.72. The van der Waals surface area contributed by atoms with Gasteiger partial charge in [-0.2, -0.15) is 0 Å². The number of likely N-dealkylation sites (N-methyl/N-ethyl adjacent to an activating group) is 1. The fourth-order valence-electron chi connectivity index (χ4n) is 1.87. The molecule has 0 aliphatic carbocycles. The van der Waals surface area contributed by atoms with E-state index < -0.39 is 0 Å². The molecule has 0 radical (unpaired) electrons. The van der Waals surface area contributed by atoms with Gasteiger partial charge in [-0.15, -0.1) is 11.8 Å². The molecule has 0 fully saturated rings. The number of aliphatic hydroxyl groups excluding tert-OH is 1. The number of fused-ring (bicyclic) bond motifs is 1. The number of nitrogens with one attached hydrogen (secondary N) is 2. The Balaban J connectivity index is 2.11. The van der Waals surface area contributed by atoms with Crippen molar-refractivity contribution in [3.05, 3.63) is 23.8 Å². The first-order valence-corrected chi connectivity index (χ1v) is 6.60. The maximum absolute atomic E-state index is 11.6. The summed E-state index contributed by atoms with van der Waals surface area (Å²) in [4.78, 5) is 12.7. The Morgan fingerprint density at radius 2 is 2.35 bits per heavy atom. The van der Waals surface area contributed by atoms with Crippen molar-refractivity contribution in [2.24, 2.45) is 0 Å². The van der Waals surface area contributed by atoms with E-state index in [1.54, 1.807) is 18.8 Å². The van der Waals surface area contributed by atoms with E-state index in [9.17, 15) is 4.79 Å². The number of carbonyl (C=O) groups excluding carboxylic acids is 1.